The van der Waals surface area contributed by atoms with Crippen LogP contribution in [0.4, 0.5) is 0 Å². The van der Waals surface area contributed by atoms with Gasteiger partial charge in [0, 0.05) is 6.61 Å². The first-order valence-corrected chi connectivity index (χ1v) is 5.26. The highest BCUT2D eigenvalue weighted by Crippen LogP contribution is 2.57. The maximum Gasteiger partial charge on any atom is 0.0464 e. The maximum atomic E-state index is 8.97. The van der Waals surface area contributed by atoms with Crippen LogP contribution in [0.2, 0.25) is 0 Å². The van der Waals surface area contributed by atoms with Gasteiger partial charge in [0.25, 0.3) is 0 Å². The highest BCUT2D eigenvalue weighted by molar-refractivity contribution is 4.99. The summed E-state index contributed by atoms with van der Waals surface area (Å²) in [6.07, 6.45) is 5.49. The lowest BCUT2D eigenvalue weighted by Crippen LogP contribution is -2.01. The predicted octanol–water partition coefficient (Wildman–Crippen LogP) is 2.44. The van der Waals surface area contributed by atoms with E-state index >= 15 is 0 Å². The molecule has 0 amide bonds. The molecule has 0 radical (unpaired) electrons. The van der Waals surface area contributed by atoms with Crippen molar-refractivity contribution in [2.45, 2.75) is 39.5 Å². The van der Waals surface area contributed by atoms with E-state index < -0.39 is 0 Å². The van der Waals surface area contributed by atoms with Crippen molar-refractivity contribution in [1.82, 2.24) is 0 Å². The molecule has 1 nitrogen and oxygen atoms in total. The molecule has 0 aromatic heterocycles. The molecule has 0 spiro atoms. The van der Waals surface area contributed by atoms with Crippen molar-refractivity contribution < 1.29 is 5.11 Å². The molecule has 0 heterocycles. The van der Waals surface area contributed by atoms with Gasteiger partial charge in [-0.3, -0.25) is 0 Å². The van der Waals surface area contributed by atoms with Crippen LogP contribution in [0.15, 0.2) is 0 Å². The molecule has 0 aromatic rings. The Morgan fingerprint density at radius 2 is 2.17 bits per heavy atom. The molecule has 12 heavy (non-hydrogen) atoms. The van der Waals surface area contributed by atoms with E-state index in [0.29, 0.717) is 17.9 Å². The SMILES string of the molecule is CC1CC1CCC1(C)CC1CO. The minimum Gasteiger partial charge on any atom is -0.396 e. The second-order valence-electron chi connectivity index (χ2n) is 5.25. The summed E-state index contributed by atoms with van der Waals surface area (Å²) in [6.45, 7) is 5.10. The molecule has 2 rings (SSSR count). The van der Waals surface area contributed by atoms with Crippen molar-refractivity contribution in [3.63, 3.8) is 0 Å². The lowest BCUT2D eigenvalue weighted by atomic mass is 9.97. The van der Waals surface area contributed by atoms with Gasteiger partial charge in [0.2, 0.25) is 0 Å². The third kappa shape index (κ3) is 1.52. The van der Waals surface area contributed by atoms with Gasteiger partial charge in [-0.2, -0.15) is 0 Å². The van der Waals surface area contributed by atoms with Crippen LogP contribution < -0.4 is 0 Å². The van der Waals surface area contributed by atoms with Crippen LogP contribution in [0.1, 0.15) is 39.5 Å². The molecule has 2 aliphatic carbocycles. The summed E-state index contributed by atoms with van der Waals surface area (Å²) in [5.41, 5.74) is 0.525. The van der Waals surface area contributed by atoms with E-state index in [0.717, 1.165) is 11.8 Å². The fourth-order valence-electron chi connectivity index (χ4n) is 2.41. The predicted molar refractivity (Wildman–Crippen MR) is 49.8 cm³/mol. The molecular formula is C11H20O. The van der Waals surface area contributed by atoms with E-state index in [2.05, 4.69) is 13.8 Å². The molecule has 0 bridgehead atoms. The van der Waals surface area contributed by atoms with E-state index in [1.807, 2.05) is 0 Å². The Morgan fingerprint density at radius 1 is 1.50 bits per heavy atom. The molecule has 0 aliphatic heterocycles. The Morgan fingerprint density at radius 3 is 2.58 bits per heavy atom. The molecule has 70 valence electrons. The number of rotatable bonds is 4. The molecular weight excluding hydrogens is 148 g/mol. The lowest BCUT2D eigenvalue weighted by molar-refractivity contribution is 0.247. The van der Waals surface area contributed by atoms with Gasteiger partial charge in [-0.25, -0.2) is 0 Å². The summed E-state index contributed by atoms with van der Waals surface area (Å²) in [4.78, 5) is 0. The maximum absolute atomic E-state index is 8.97. The van der Waals surface area contributed by atoms with Crippen molar-refractivity contribution in [3.05, 3.63) is 0 Å². The fourth-order valence-corrected chi connectivity index (χ4v) is 2.41. The van der Waals surface area contributed by atoms with Crippen LogP contribution in [-0.4, -0.2) is 11.7 Å². The van der Waals surface area contributed by atoms with E-state index in [-0.39, 0.29) is 0 Å². The molecule has 2 fully saturated rings. The van der Waals surface area contributed by atoms with E-state index in [1.54, 1.807) is 0 Å². The molecule has 0 saturated heterocycles. The van der Waals surface area contributed by atoms with Gasteiger partial charge >= 0.3 is 0 Å². The van der Waals surface area contributed by atoms with Crippen LogP contribution in [0.5, 0.6) is 0 Å². The minimum atomic E-state index is 0.413. The zero-order valence-electron chi connectivity index (χ0n) is 8.21. The summed E-state index contributed by atoms with van der Waals surface area (Å²) in [5.74, 6) is 2.66. The molecule has 1 N–H and O–H groups in total. The van der Waals surface area contributed by atoms with Crippen LogP contribution >= 0.6 is 0 Å². The highest BCUT2D eigenvalue weighted by atomic mass is 16.3. The Balaban J connectivity index is 1.67. The van der Waals surface area contributed by atoms with E-state index in [9.17, 15) is 0 Å². The zero-order valence-corrected chi connectivity index (χ0v) is 8.21. The normalized spacial score (nSPS) is 50.8. The number of aliphatic hydroxyl groups is 1. The largest absolute Gasteiger partial charge is 0.396 e. The average molecular weight is 168 g/mol. The van der Waals surface area contributed by atoms with Gasteiger partial charge in [-0.15, -0.1) is 0 Å². The zero-order chi connectivity index (χ0) is 8.77. The smallest absolute Gasteiger partial charge is 0.0464 e. The van der Waals surface area contributed by atoms with Crippen LogP contribution in [0.3, 0.4) is 0 Å². The van der Waals surface area contributed by atoms with Gasteiger partial charge in [-0.1, -0.05) is 13.8 Å². The number of hydrogen-bond donors (Lipinski definition) is 1. The molecule has 2 aliphatic rings. The number of hydrogen-bond acceptors (Lipinski definition) is 1. The fraction of sp³-hybridized carbons (Fsp3) is 1.00. The Bertz CT molecular complexity index is 178. The first-order valence-electron chi connectivity index (χ1n) is 5.26. The van der Waals surface area contributed by atoms with Crippen molar-refractivity contribution in [2.75, 3.05) is 6.61 Å². The molecule has 1 heteroatoms. The monoisotopic (exact) mass is 168 g/mol. The Kier molecular flexibility index (Phi) is 1.95. The summed E-state index contributed by atoms with van der Waals surface area (Å²) in [5, 5.41) is 8.97. The minimum absolute atomic E-state index is 0.413. The Labute approximate surface area is 75.2 Å². The third-order valence-corrected chi connectivity index (χ3v) is 4.12. The first kappa shape index (κ1) is 8.55. The van der Waals surface area contributed by atoms with Gasteiger partial charge in [0.05, 0.1) is 0 Å². The standard InChI is InChI=1S/C11H20O/c1-8-5-9(8)3-4-11(2)6-10(11)7-12/h8-10,12H,3-7H2,1-2H3. The summed E-state index contributed by atoms with van der Waals surface area (Å²) < 4.78 is 0. The molecule has 4 atom stereocenters. The highest BCUT2D eigenvalue weighted by Gasteiger charge is 2.49. The van der Waals surface area contributed by atoms with Crippen molar-refractivity contribution >= 4 is 0 Å². The van der Waals surface area contributed by atoms with Gasteiger partial charge in [-0.05, 0) is 48.9 Å². The molecule has 0 aromatic carbocycles. The van der Waals surface area contributed by atoms with Crippen LogP contribution in [0.25, 0.3) is 0 Å². The van der Waals surface area contributed by atoms with Crippen molar-refractivity contribution in [2.24, 2.45) is 23.2 Å². The van der Waals surface area contributed by atoms with Gasteiger partial charge in [0.15, 0.2) is 0 Å². The molecule has 4 unspecified atom stereocenters. The lowest BCUT2D eigenvalue weighted by Gasteiger charge is -2.08. The Hall–Kier alpha value is -0.0400. The van der Waals surface area contributed by atoms with E-state index in [4.69, 9.17) is 5.11 Å². The van der Waals surface area contributed by atoms with Crippen LogP contribution in [0, 0.1) is 23.2 Å². The summed E-state index contributed by atoms with van der Waals surface area (Å²) in [7, 11) is 0. The first-order chi connectivity index (χ1) is 5.65. The van der Waals surface area contributed by atoms with E-state index in [1.165, 1.54) is 25.7 Å². The molecule has 2 saturated carbocycles. The topological polar surface area (TPSA) is 20.2 Å². The summed E-state index contributed by atoms with van der Waals surface area (Å²) in [6, 6.07) is 0. The summed E-state index contributed by atoms with van der Waals surface area (Å²) >= 11 is 0. The second-order valence-corrected chi connectivity index (χ2v) is 5.25. The van der Waals surface area contributed by atoms with Crippen LogP contribution in [-0.2, 0) is 0 Å². The average Bonchev–Trinajstić information content (AvgIpc) is 2.88. The second kappa shape index (κ2) is 2.73. The quantitative estimate of drug-likeness (QED) is 0.683. The number of aliphatic hydroxyl groups excluding tert-OH is 1. The van der Waals surface area contributed by atoms with Crippen molar-refractivity contribution in [1.29, 1.82) is 0 Å². The third-order valence-electron chi connectivity index (χ3n) is 4.12. The van der Waals surface area contributed by atoms with Gasteiger partial charge < -0.3 is 5.11 Å². The van der Waals surface area contributed by atoms with Gasteiger partial charge in [0.1, 0.15) is 0 Å². The van der Waals surface area contributed by atoms with Crippen molar-refractivity contribution in [3.8, 4) is 0 Å².